The molecule has 3 rings (SSSR count). The van der Waals surface area contributed by atoms with Gasteiger partial charge < -0.3 is 4.90 Å². The van der Waals surface area contributed by atoms with Crippen LogP contribution < -0.4 is 4.90 Å². The van der Waals surface area contributed by atoms with Gasteiger partial charge in [-0.3, -0.25) is 5.41 Å². The molecule has 0 saturated heterocycles. The van der Waals surface area contributed by atoms with Crippen molar-refractivity contribution in [1.82, 2.24) is 0 Å². The number of nitrogens with zero attached hydrogens (tertiary/aromatic N) is 1. The maximum atomic E-state index is 13.4. The molecule has 4 heteroatoms. The van der Waals surface area contributed by atoms with E-state index in [1.165, 1.54) is 12.1 Å². The molecule has 2 aromatic carbocycles. The van der Waals surface area contributed by atoms with Crippen molar-refractivity contribution in [2.75, 3.05) is 4.90 Å². The molecule has 0 saturated carbocycles. The lowest BCUT2D eigenvalue weighted by Gasteiger charge is -2.23. The van der Waals surface area contributed by atoms with Gasteiger partial charge in [-0.25, -0.2) is 4.39 Å². The summed E-state index contributed by atoms with van der Waals surface area (Å²) in [4.78, 5) is 1.95. The molecule has 1 heterocycles. The van der Waals surface area contributed by atoms with Gasteiger partial charge in [0.25, 0.3) is 0 Å². The van der Waals surface area contributed by atoms with Gasteiger partial charge in [0.1, 0.15) is 11.7 Å². The van der Waals surface area contributed by atoms with Crippen molar-refractivity contribution in [1.29, 1.82) is 5.41 Å². The van der Waals surface area contributed by atoms with Crippen LogP contribution in [0.5, 0.6) is 0 Å². The number of hydrogen-bond donors (Lipinski definition) is 1. The zero-order valence-corrected chi connectivity index (χ0v) is 12.9. The summed E-state index contributed by atoms with van der Waals surface area (Å²) >= 11 is 3.49. The van der Waals surface area contributed by atoms with Gasteiger partial charge in [0.05, 0.1) is 6.54 Å². The minimum atomic E-state index is -0.292. The number of fused-ring (bicyclic) bond motifs is 1. The topological polar surface area (TPSA) is 27.1 Å². The number of hydrogen-bond acceptors (Lipinski definition) is 1. The van der Waals surface area contributed by atoms with Gasteiger partial charge in [-0.2, -0.15) is 0 Å². The minimum Gasteiger partial charge on any atom is -0.321 e. The van der Waals surface area contributed by atoms with E-state index in [0.717, 1.165) is 26.9 Å². The number of aryl methyl sites for hydroxylation is 2. The third-order valence-corrected chi connectivity index (χ3v) is 4.11. The Kier molecular flexibility index (Phi) is 3.13. The van der Waals surface area contributed by atoms with Crippen molar-refractivity contribution in [3.63, 3.8) is 0 Å². The molecule has 0 unspecified atom stereocenters. The van der Waals surface area contributed by atoms with Crippen molar-refractivity contribution < 1.29 is 4.39 Å². The molecule has 0 amide bonds. The Balaban J connectivity index is 2.09. The molecule has 0 bridgehead atoms. The third-order valence-electron chi connectivity index (χ3n) is 3.65. The van der Waals surface area contributed by atoms with E-state index >= 15 is 0 Å². The average Bonchev–Trinajstić information content (AvgIpc) is 2.66. The Bertz CT molecular complexity index is 701. The van der Waals surface area contributed by atoms with Crippen LogP contribution >= 0.6 is 15.9 Å². The first kappa shape index (κ1) is 13.3. The van der Waals surface area contributed by atoms with Crippen LogP contribution in [0.2, 0.25) is 0 Å². The molecule has 2 aromatic rings. The second-order valence-electron chi connectivity index (χ2n) is 5.12. The first-order valence-corrected chi connectivity index (χ1v) is 7.18. The summed E-state index contributed by atoms with van der Waals surface area (Å²) < 4.78 is 14.4. The summed E-state index contributed by atoms with van der Waals surface area (Å²) in [6, 6.07) is 8.75. The second-order valence-corrected chi connectivity index (χ2v) is 6.04. The van der Waals surface area contributed by atoms with Crippen molar-refractivity contribution in [3.05, 3.63) is 62.9 Å². The highest BCUT2D eigenvalue weighted by molar-refractivity contribution is 9.10. The van der Waals surface area contributed by atoms with Gasteiger partial charge in [0, 0.05) is 15.7 Å². The third kappa shape index (κ3) is 2.04. The zero-order chi connectivity index (χ0) is 14.4. The van der Waals surface area contributed by atoms with Crippen LogP contribution in [0.15, 0.2) is 34.8 Å². The first-order chi connectivity index (χ1) is 9.47. The van der Waals surface area contributed by atoms with E-state index in [0.29, 0.717) is 17.9 Å². The van der Waals surface area contributed by atoms with Crippen molar-refractivity contribution in [2.45, 2.75) is 20.4 Å². The molecule has 1 aliphatic rings. The number of anilines is 1. The predicted octanol–water partition coefficient (Wildman–Crippen LogP) is 4.55. The van der Waals surface area contributed by atoms with E-state index in [1.54, 1.807) is 6.07 Å². The van der Waals surface area contributed by atoms with Crippen molar-refractivity contribution >= 4 is 27.5 Å². The summed E-state index contributed by atoms with van der Waals surface area (Å²) in [6.45, 7) is 4.69. The summed E-state index contributed by atoms with van der Waals surface area (Å²) in [5.41, 5.74) is 4.93. The van der Waals surface area contributed by atoms with Crippen LogP contribution in [0.4, 0.5) is 10.1 Å². The zero-order valence-electron chi connectivity index (χ0n) is 11.3. The normalized spacial score (nSPS) is 13.8. The Morgan fingerprint density at radius 2 is 1.80 bits per heavy atom. The van der Waals surface area contributed by atoms with Gasteiger partial charge in [-0.05, 0) is 54.8 Å². The molecule has 1 aliphatic heterocycles. The van der Waals surface area contributed by atoms with Crippen LogP contribution in [-0.4, -0.2) is 5.84 Å². The minimum absolute atomic E-state index is 0.292. The maximum absolute atomic E-state index is 13.4. The molecule has 102 valence electrons. The highest BCUT2D eigenvalue weighted by Gasteiger charge is 2.27. The average molecular weight is 333 g/mol. The van der Waals surface area contributed by atoms with E-state index in [2.05, 4.69) is 15.9 Å². The highest BCUT2D eigenvalue weighted by atomic mass is 79.9. The fourth-order valence-corrected chi connectivity index (χ4v) is 3.51. The Morgan fingerprint density at radius 1 is 1.15 bits per heavy atom. The molecule has 0 aromatic heterocycles. The van der Waals surface area contributed by atoms with Gasteiger partial charge >= 0.3 is 0 Å². The molecule has 2 nitrogen and oxygen atoms in total. The van der Waals surface area contributed by atoms with E-state index in [4.69, 9.17) is 5.41 Å². The number of rotatable bonds is 1. The smallest absolute Gasteiger partial charge is 0.133 e. The SMILES string of the molecule is Cc1cc(Br)cc(C)c1N1Cc2ccc(F)cc2C1=N. The predicted molar refractivity (Wildman–Crippen MR) is 83.0 cm³/mol. The molecule has 0 fully saturated rings. The van der Waals surface area contributed by atoms with Gasteiger partial charge in [-0.1, -0.05) is 22.0 Å². The first-order valence-electron chi connectivity index (χ1n) is 6.39. The van der Waals surface area contributed by atoms with Crippen molar-refractivity contribution in [3.8, 4) is 0 Å². The molecule has 0 spiro atoms. The summed E-state index contributed by atoms with van der Waals surface area (Å²) in [5, 5.41) is 8.32. The van der Waals surface area contributed by atoms with E-state index in [1.807, 2.05) is 30.9 Å². The van der Waals surface area contributed by atoms with E-state index < -0.39 is 0 Å². The highest BCUT2D eigenvalue weighted by Crippen LogP contribution is 2.34. The number of benzene rings is 2. The Labute approximate surface area is 125 Å². The molecule has 0 aliphatic carbocycles. The quantitative estimate of drug-likeness (QED) is 0.814. The Morgan fingerprint density at radius 3 is 2.45 bits per heavy atom. The molecule has 0 radical (unpaired) electrons. The van der Waals surface area contributed by atoms with Crippen LogP contribution in [0.1, 0.15) is 22.3 Å². The monoisotopic (exact) mass is 332 g/mol. The van der Waals surface area contributed by atoms with E-state index in [9.17, 15) is 4.39 Å². The standard InChI is InChI=1S/C16H14BrFN2/c1-9-5-12(17)6-10(2)15(9)20-8-11-3-4-13(18)7-14(11)16(20)19/h3-7,19H,8H2,1-2H3. The van der Waals surface area contributed by atoms with Gasteiger partial charge in [0.2, 0.25) is 0 Å². The van der Waals surface area contributed by atoms with Gasteiger partial charge in [0.15, 0.2) is 0 Å². The molecule has 0 atom stereocenters. The number of nitrogens with one attached hydrogen (secondary N) is 1. The molecule has 20 heavy (non-hydrogen) atoms. The van der Waals surface area contributed by atoms with Crippen LogP contribution in [0.3, 0.4) is 0 Å². The maximum Gasteiger partial charge on any atom is 0.133 e. The number of amidine groups is 1. The van der Waals surface area contributed by atoms with Crippen LogP contribution in [0, 0.1) is 25.1 Å². The van der Waals surface area contributed by atoms with Crippen molar-refractivity contribution in [2.24, 2.45) is 0 Å². The fraction of sp³-hybridized carbons (Fsp3) is 0.188. The lowest BCUT2D eigenvalue weighted by atomic mass is 10.1. The number of halogens is 2. The van der Waals surface area contributed by atoms with Crippen LogP contribution in [0.25, 0.3) is 0 Å². The molecular weight excluding hydrogens is 319 g/mol. The van der Waals surface area contributed by atoms with Crippen LogP contribution in [-0.2, 0) is 6.54 Å². The molecular formula is C16H14BrFN2. The summed E-state index contributed by atoms with van der Waals surface area (Å²) in [6.07, 6.45) is 0. The molecule has 1 N–H and O–H groups in total. The fourth-order valence-electron chi connectivity index (χ4n) is 2.82. The second kappa shape index (κ2) is 4.70. The lowest BCUT2D eigenvalue weighted by Crippen LogP contribution is -2.24. The Hall–Kier alpha value is -1.68. The van der Waals surface area contributed by atoms with E-state index in [-0.39, 0.29) is 5.82 Å². The largest absolute Gasteiger partial charge is 0.321 e. The summed E-state index contributed by atoms with van der Waals surface area (Å²) in [5.74, 6) is 0.0765. The lowest BCUT2D eigenvalue weighted by molar-refractivity contribution is 0.627. The summed E-state index contributed by atoms with van der Waals surface area (Å²) in [7, 11) is 0. The van der Waals surface area contributed by atoms with Gasteiger partial charge in [-0.15, -0.1) is 0 Å².